The van der Waals surface area contributed by atoms with Crippen molar-refractivity contribution in [1.29, 1.82) is 0 Å². The van der Waals surface area contributed by atoms with E-state index in [1.807, 2.05) is 19.2 Å². The zero-order chi connectivity index (χ0) is 12.7. The largest absolute Gasteiger partial charge is 0.353 e. The van der Waals surface area contributed by atoms with Crippen molar-refractivity contribution in [2.24, 2.45) is 0 Å². The molecular formula is C12H21N3OS. The number of hydrogen-bond donors (Lipinski definition) is 2. The molecule has 0 aliphatic rings. The molecular weight excluding hydrogens is 234 g/mol. The van der Waals surface area contributed by atoms with E-state index in [-0.39, 0.29) is 11.9 Å². The summed E-state index contributed by atoms with van der Waals surface area (Å²) in [6.45, 7) is 7.14. The second-order valence-corrected chi connectivity index (χ2v) is 5.19. The predicted octanol–water partition coefficient (Wildman–Crippen LogP) is 1.85. The molecule has 0 radical (unpaired) electrons. The number of carbonyl (C=O) groups is 1. The molecule has 4 nitrogen and oxygen atoms in total. The highest BCUT2D eigenvalue weighted by atomic mass is 32.1. The Morgan fingerprint density at radius 1 is 1.59 bits per heavy atom. The zero-order valence-corrected chi connectivity index (χ0v) is 11.6. The Morgan fingerprint density at radius 2 is 2.35 bits per heavy atom. The molecule has 5 heteroatoms. The van der Waals surface area contributed by atoms with E-state index in [0.29, 0.717) is 13.1 Å². The van der Waals surface area contributed by atoms with Gasteiger partial charge in [0.1, 0.15) is 5.01 Å². The summed E-state index contributed by atoms with van der Waals surface area (Å²) >= 11 is 1.62. The van der Waals surface area contributed by atoms with Crippen molar-refractivity contribution in [3.8, 4) is 0 Å². The first kappa shape index (κ1) is 14.1. The van der Waals surface area contributed by atoms with E-state index in [1.165, 1.54) is 0 Å². The van der Waals surface area contributed by atoms with Gasteiger partial charge in [-0.1, -0.05) is 13.3 Å². The van der Waals surface area contributed by atoms with Crippen LogP contribution in [0.1, 0.15) is 37.4 Å². The maximum Gasteiger partial charge on any atom is 0.234 e. The first-order valence-electron chi connectivity index (χ1n) is 6.03. The minimum Gasteiger partial charge on any atom is -0.353 e. The molecule has 1 aromatic heterocycles. The lowest BCUT2D eigenvalue weighted by Crippen LogP contribution is -2.38. The highest BCUT2D eigenvalue weighted by Crippen LogP contribution is 2.07. The van der Waals surface area contributed by atoms with E-state index in [4.69, 9.17) is 0 Å². The molecule has 96 valence electrons. The Labute approximate surface area is 107 Å². The number of nitrogens with zero attached hydrogens (tertiary/aromatic N) is 1. The molecule has 2 N–H and O–H groups in total. The third kappa shape index (κ3) is 5.79. The van der Waals surface area contributed by atoms with Crippen molar-refractivity contribution >= 4 is 17.2 Å². The Balaban J connectivity index is 2.16. The maximum atomic E-state index is 11.5. The third-order valence-corrected chi connectivity index (χ3v) is 3.32. The minimum atomic E-state index is 0.0548. The van der Waals surface area contributed by atoms with Crippen molar-refractivity contribution in [1.82, 2.24) is 15.6 Å². The van der Waals surface area contributed by atoms with Gasteiger partial charge in [-0.15, -0.1) is 11.3 Å². The molecule has 0 aromatic carbocycles. The van der Waals surface area contributed by atoms with Crippen LogP contribution in [0, 0.1) is 6.92 Å². The summed E-state index contributed by atoms with van der Waals surface area (Å²) < 4.78 is 0. The molecule has 1 unspecified atom stereocenters. The Morgan fingerprint density at radius 3 is 2.94 bits per heavy atom. The monoisotopic (exact) mass is 255 g/mol. The number of aryl methyl sites for hydroxylation is 1. The number of aromatic nitrogens is 1. The molecule has 17 heavy (non-hydrogen) atoms. The maximum absolute atomic E-state index is 11.5. The third-order valence-electron chi connectivity index (χ3n) is 2.36. The Hall–Kier alpha value is -0.940. The number of hydrogen-bond acceptors (Lipinski definition) is 4. The lowest BCUT2D eigenvalue weighted by atomic mass is 10.2. The second kappa shape index (κ2) is 7.40. The zero-order valence-electron chi connectivity index (χ0n) is 10.7. The van der Waals surface area contributed by atoms with Gasteiger partial charge in [0, 0.05) is 23.7 Å². The summed E-state index contributed by atoms with van der Waals surface area (Å²) in [4.78, 5) is 15.9. The van der Waals surface area contributed by atoms with Crippen LogP contribution < -0.4 is 10.6 Å². The quantitative estimate of drug-likeness (QED) is 0.782. The first-order valence-corrected chi connectivity index (χ1v) is 6.91. The van der Waals surface area contributed by atoms with Gasteiger partial charge in [-0.3, -0.25) is 4.79 Å². The molecule has 1 rings (SSSR count). The minimum absolute atomic E-state index is 0.0548. The summed E-state index contributed by atoms with van der Waals surface area (Å²) in [5, 5.41) is 9.09. The molecule has 0 aliphatic carbocycles. The van der Waals surface area contributed by atoms with Crippen LogP contribution in [0.25, 0.3) is 0 Å². The highest BCUT2D eigenvalue weighted by molar-refractivity contribution is 7.09. The van der Waals surface area contributed by atoms with Crippen molar-refractivity contribution in [3.05, 3.63) is 16.1 Å². The highest BCUT2D eigenvalue weighted by Gasteiger charge is 2.06. The summed E-state index contributed by atoms with van der Waals surface area (Å²) in [6, 6.07) is 0.261. The van der Waals surface area contributed by atoms with Crippen LogP contribution in [0.5, 0.6) is 0 Å². The van der Waals surface area contributed by atoms with E-state index in [0.717, 1.165) is 23.5 Å². The standard InChI is InChI=1S/C12H21N3OS/c1-4-5-9(2)14-11(16)6-13-7-12-15-10(3)8-17-12/h8-9,13H,4-7H2,1-3H3,(H,14,16). The second-order valence-electron chi connectivity index (χ2n) is 4.24. The van der Waals surface area contributed by atoms with E-state index in [2.05, 4.69) is 22.5 Å². The van der Waals surface area contributed by atoms with Crippen LogP contribution >= 0.6 is 11.3 Å². The predicted molar refractivity (Wildman–Crippen MR) is 71.1 cm³/mol. The summed E-state index contributed by atoms with van der Waals surface area (Å²) in [5.74, 6) is 0.0548. The van der Waals surface area contributed by atoms with Gasteiger partial charge in [0.05, 0.1) is 6.54 Å². The average molecular weight is 255 g/mol. The van der Waals surface area contributed by atoms with E-state index in [1.54, 1.807) is 11.3 Å². The fourth-order valence-corrected chi connectivity index (χ4v) is 2.34. The lowest BCUT2D eigenvalue weighted by Gasteiger charge is -2.12. The first-order chi connectivity index (χ1) is 8.11. The fraction of sp³-hybridized carbons (Fsp3) is 0.667. The van der Waals surface area contributed by atoms with Gasteiger partial charge in [-0.05, 0) is 20.3 Å². The fourth-order valence-electron chi connectivity index (χ4n) is 1.60. The van der Waals surface area contributed by atoms with Crippen LogP contribution in [-0.2, 0) is 11.3 Å². The Bertz CT molecular complexity index is 351. The smallest absolute Gasteiger partial charge is 0.234 e. The number of rotatable bonds is 7. The van der Waals surface area contributed by atoms with Crippen molar-refractivity contribution in [2.75, 3.05) is 6.54 Å². The molecule has 1 aromatic rings. The van der Waals surface area contributed by atoms with Crippen LogP contribution in [0.15, 0.2) is 5.38 Å². The molecule has 0 bridgehead atoms. The lowest BCUT2D eigenvalue weighted by molar-refractivity contribution is -0.120. The van der Waals surface area contributed by atoms with Crippen LogP contribution in [-0.4, -0.2) is 23.5 Å². The topological polar surface area (TPSA) is 54.0 Å². The van der Waals surface area contributed by atoms with Crippen LogP contribution in [0.3, 0.4) is 0 Å². The van der Waals surface area contributed by atoms with Gasteiger partial charge in [0.2, 0.25) is 5.91 Å². The molecule has 0 saturated heterocycles. The van der Waals surface area contributed by atoms with E-state index < -0.39 is 0 Å². The molecule has 1 atom stereocenters. The number of nitrogens with one attached hydrogen (secondary N) is 2. The van der Waals surface area contributed by atoms with Crippen LogP contribution in [0.4, 0.5) is 0 Å². The number of carbonyl (C=O) groups excluding carboxylic acids is 1. The van der Waals surface area contributed by atoms with Crippen molar-refractivity contribution < 1.29 is 4.79 Å². The van der Waals surface area contributed by atoms with E-state index in [9.17, 15) is 4.79 Å². The van der Waals surface area contributed by atoms with E-state index >= 15 is 0 Å². The average Bonchev–Trinajstić information content (AvgIpc) is 2.64. The van der Waals surface area contributed by atoms with Gasteiger partial charge in [-0.25, -0.2) is 4.98 Å². The van der Waals surface area contributed by atoms with Crippen molar-refractivity contribution in [2.45, 2.75) is 46.2 Å². The number of thiazole rings is 1. The van der Waals surface area contributed by atoms with Crippen molar-refractivity contribution in [3.63, 3.8) is 0 Å². The number of amides is 1. The molecule has 0 aliphatic heterocycles. The van der Waals surface area contributed by atoms with Crippen LogP contribution in [0.2, 0.25) is 0 Å². The summed E-state index contributed by atoms with van der Waals surface area (Å²) in [6.07, 6.45) is 2.12. The van der Waals surface area contributed by atoms with Gasteiger partial charge < -0.3 is 10.6 Å². The molecule has 1 amide bonds. The van der Waals surface area contributed by atoms with Gasteiger partial charge in [0.25, 0.3) is 0 Å². The summed E-state index contributed by atoms with van der Waals surface area (Å²) in [5.41, 5.74) is 1.04. The normalized spacial score (nSPS) is 12.4. The molecule has 0 saturated carbocycles. The van der Waals surface area contributed by atoms with Gasteiger partial charge in [0.15, 0.2) is 0 Å². The van der Waals surface area contributed by atoms with Gasteiger partial charge in [-0.2, -0.15) is 0 Å². The summed E-state index contributed by atoms with van der Waals surface area (Å²) in [7, 11) is 0. The molecule has 1 heterocycles. The SMILES string of the molecule is CCCC(C)NC(=O)CNCc1nc(C)cs1. The molecule has 0 spiro atoms. The molecule has 0 fully saturated rings. The Kier molecular flexibility index (Phi) is 6.15. The van der Waals surface area contributed by atoms with Gasteiger partial charge >= 0.3 is 0 Å².